The normalized spacial score (nSPS) is 33.4. The molecule has 0 N–H and O–H groups in total. The van der Waals surface area contributed by atoms with E-state index in [-0.39, 0.29) is 5.92 Å². The van der Waals surface area contributed by atoms with Gasteiger partial charge in [-0.15, -0.1) is 0 Å². The van der Waals surface area contributed by atoms with Gasteiger partial charge in [0, 0.05) is 19.0 Å². The van der Waals surface area contributed by atoms with Crippen LogP contribution >= 0.6 is 0 Å². The van der Waals surface area contributed by atoms with Crippen LogP contribution in [-0.4, -0.2) is 30.2 Å². The van der Waals surface area contributed by atoms with Gasteiger partial charge in [0.1, 0.15) is 5.67 Å². The molecule has 1 fully saturated rings. The summed E-state index contributed by atoms with van der Waals surface area (Å²) in [6, 6.07) is 0. The van der Waals surface area contributed by atoms with Crippen LogP contribution in [0, 0.1) is 5.92 Å². The largest absolute Gasteiger partial charge is 0.303 e. The lowest BCUT2D eigenvalue weighted by Gasteiger charge is -2.40. The van der Waals surface area contributed by atoms with Gasteiger partial charge in [0.25, 0.3) is 0 Å². The average molecular weight is 203 g/mol. The molecule has 1 rings (SSSR count). The molecule has 0 aliphatic carbocycles. The number of nitrogens with zero attached hydrogens (tertiary/aromatic N) is 1. The number of alkyl halides is 1. The molecular formula is C12H26FN. The Balaban J connectivity index is 0.000000791. The van der Waals surface area contributed by atoms with Gasteiger partial charge in [0.05, 0.1) is 0 Å². The van der Waals surface area contributed by atoms with E-state index in [0.717, 1.165) is 26.1 Å². The van der Waals surface area contributed by atoms with E-state index in [1.54, 1.807) is 0 Å². The summed E-state index contributed by atoms with van der Waals surface area (Å²) in [7, 11) is 0. The van der Waals surface area contributed by atoms with Crippen molar-refractivity contribution in [3.8, 4) is 0 Å². The highest BCUT2D eigenvalue weighted by molar-refractivity contribution is 4.90. The molecule has 0 radical (unpaired) electrons. The maximum absolute atomic E-state index is 14.0. The van der Waals surface area contributed by atoms with E-state index >= 15 is 0 Å². The minimum atomic E-state index is -0.883. The van der Waals surface area contributed by atoms with Crippen molar-refractivity contribution in [2.75, 3.05) is 19.6 Å². The molecule has 1 aliphatic rings. The standard InChI is InChI=1S/C10H20FN.C2H6/c1-4-10(11)6-7-12(5-2)8-9(10)3;1-2/h9H,4-8H2,1-3H3;1-2H3. The van der Waals surface area contributed by atoms with Gasteiger partial charge in [-0.05, 0) is 19.4 Å². The highest BCUT2D eigenvalue weighted by Crippen LogP contribution is 2.34. The molecule has 0 amide bonds. The molecule has 1 aliphatic heterocycles. The second-order valence-electron chi connectivity index (χ2n) is 3.93. The fourth-order valence-corrected chi connectivity index (χ4v) is 2.05. The van der Waals surface area contributed by atoms with Gasteiger partial charge in [-0.2, -0.15) is 0 Å². The van der Waals surface area contributed by atoms with Crippen molar-refractivity contribution >= 4 is 0 Å². The van der Waals surface area contributed by atoms with Gasteiger partial charge in [-0.25, -0.2) is 4.39 Å². The molecule has 0 saturated carbocycles. The maximum Gasteiger partial charge on any atom is 0.115 e. The summed E-state index contributed by atoms with van der Waals surface area (Å²) in [5.41, 5.74) is -0.883. The van der Waals surface area contributed by atoms with Crippen molar-refractivity contribution in [1.82, 2.24) is 4.90 Å². The summed E-state index contributed by atoms with van der Waals surface area (Å²) in [6.45, 7) is 13.1. The highest BCUT2D eigenvalue weighted by atomic mass is 19.1. The molecular weight excluding hydrogens is 177 g/mol. The average Bonchev–Trinajstić information content (AvgIpc) is 2.25. The SMILES string of the molecule is CC.CCN1CCC(F)(CC)C(C)C1. The van der Waals surface area contributed by atoms with E-state index in [1.807, 2.05) is 27.7 Å². The van der Waals surface area contributed by atoms with Crippen molar-refractivity contribution in [3.05, 3.63) is 0 Å². The molecule has 0 aromatic rings. The third-order valence-electron chi connectivity index (χ3n) is 3.29. The van der Waals surface area contributed by atoms with E-state index in [4.69, 9.17) is 0 Å². The van der Waals surface area contributed by atoms with Gasteiger partial charge in [0.2, 0.25) is 0 Å². The van der Waals surface area contributed by atoms with Crippen LogP contribution in [0.3, 0.4) is 0 Å². The first-order valence-corrected chi connectivity index (χ1v) is 6.03. The van der Waals surface area contributed by atoms with E-state index in [1.165, 1.54) is 0 Å². The number of likely N-dealkylation sites (tertiary alicyclic amines) is 1. The van der Waals surface area contributed by atoms with Crippen LogP contribution in [-0.2, 0) is 0 Å². The minimum Gasteiger partial charge on any atom is -0.303 e. The number of hydrogen-bond acceptors (Lipinski definition) is 1. The molecule has 2 heteroatoms. The number of piperidine rings is 1. The second kappa shape index (κ2) is 6.39. The van der Waals surface area contributed by atoms with Crippen molar-refractivity contribution in [3.63, 3.8) is 0 Å². The quantitative estimate of drug-likeness (QED) is 0.664. The highest BCUT2D eigenvalue weighted by Gasteiger charge is 2.38. The number of rotatable bonds is 2. The molecule has 0 aromatic carbocycles. The first-order chi connectivity index (χ1) is 6.62. The first kappa shape index (κ1) is 13.9. The summed E-state index contributed by atoms with van der Waals surface area (Å²) >= 11 is 0. The van der Waals surface area contributed by atoms with Gasteiger partial charge in [0.15, 0.2) is 0 Å². The topological polar surface area (TPSA) is 3.24 Å². The Hall–Kier alpha value is -0.110. The van der Waals surface area contributed by atoms with Crippen molar-refractivity contribution in [2.45, 2.75) is 53.1 Å². The second-order valence-corrected chi connectivity index (χ2v) is 3.93. The molecule has 0 aromatic heterocycles. The Labute approximate surface area is 88.7 Å². The van der Waals surface area contributed by atoms with Gasteiger partial charge in [-0.1, -0.05) is 34.6 Å². The molecule has 0 spiro atoms. The van der Waals surface area contributed by atoms with Gasteiger partial charge < -0.3 is 4.90 Å². The fraction of sp³-hybridized carbons (Fsp3) is 1.00. The third kappa shape index (κ3) is 3.23. The smallest absolute Gasteiger partial charge is 0.115 e. The van der Waals surface area contributed by atoms with Crippen LogP contribution in [0.15, 0.2) is 0 Å². The lowest BCUT2D eigenvalue weighted by molar-refractivity contribution is 0.00442. The van der Waals surface area contributed by atoms with Crippen molar-refractivity contribution in [1.29, 1.82) is 0 Å². The predicted molar refractivity (Wildman–Crippen MR) is 61.4 cm³/mol. The number of hydrogen-bond donors (Lipinski definition) is 0. The molecule has 2 atom stereocenters. The first-order valence-electron chi connectivity index (χ1n) is 6.03. The Kier molecular flexibility index (Phi) is 6.34. The zero-order valence-electron chi connectivity index (χ0n) is 10.4. The zero-order chi connectivity index (χ0) is 11.2. The fourth-order valence-electron chi connectivity index (χ4n) is 2.05. The molecule has 1 saturated heterocycles. The van der Waals surface area contributed by atoms with Crippen LogP contribution in [0.4, 0.5) is 4.39 Å². The summed E-state index contributed by atoms with van der Waals surface area (Å²) in [6.07, 6.45) is 1.39. The lowest BCUT2D eigenvalue weighted by atomic mass is 9.82. The van der Waals surface area contributed by atoms with Crippen molar-refractivity contribution < 1.29 is 4.39 Å². The van der Waals surface area contributed by atoms with E-state index in [9.17, 15) is 4.39 Å². The molecule has 14 heavy (non-hydrogen) atoms. The zero-order valence-corrected chi connectivity index (χ0v) is 10.4. The van der Waals surface area contributed by atoms with Crippen LogP contribution in [0.1, 0.15) is 47.5 Å². The maximum atomic E-state index is 14.0. The monoisotopic (exact) mass is 203 g/mol. The van der Waals surface area contributed by atoms with E-state index in [0.29, 0.717) is 6.42 Å². The van der Waals surface area contributed by atoms with Crippen LogP contribution in [0.25, 0.3) is 0 Å². The molecule has 0 bridgehead atoms. The summed E-state index contributed by atoms with van der Waals surface area (Å²) in [5.74, 6) is 0.205. The van der Waals surface area contributed by atoms with Crippen molar-refractivity contribution in [2.24, 2.45) is 5.92 Å². The Bertz CT molecular complexity index is 149. The molecule has 86 valence electrons. The molecule has 1 nitrogen and oxygen atoms in total. The Morgan fingerprint density at radius 1 is 1.36 bits per heavy atom. The Morgan fingerprint density at radius 3 is 2.29 bits per heavy atom. The summed E-state index contributed by atoms with van der Waals surface area (Å²) in [5, 5.41) is 0. The van der Waals surface area contributed by atoms with Gasteiger partial charge in [-0.3, -0.25) is 0 Å². The van der Waals surface area contributed by atoms with Crippen LogP contribution < -0.4 is 0 Å². The molecule has 2 unspecified atom stereocenters. The lowest BCUT2D eigenvalue weighted by Crippen LogP contribution is -2.47. The predicted octanol–water partition coefficient (Wildman–Crippen LogP) is 3.49. The summed E-state index contributed by atoms with van der Waals surface area (Å²) in [4.78, 5) is 2.33. The van der Waals surface area contributed by atoms with Gasteiger partial charge >= 0.3 is 0 Å². The van der Waals surface area contributed by atoms with E-state index in [2.05, 4.69) is 11.8 Å². The van der Waals surface area contributed by atoms with E-state index < -0.39 is 5.67 Å². The third-order valence-corrected chi connectivity index (χ3v) is 3.29. The van der Waals surface area contributed by atoms with Crippen LogP contribution in [0.5, 0.6) is 0 Å². The Morgan fingerprint density at radius 2 is 1.93 bits per heavy atom. The number of halogens is 1. The molecule has 1 heterocycles. The van der Waals surface area contributed by atoms with Crippen LogP contribution in [0.2, 0.25) is 0 Å². The minimum absolute atomic E-state index is 0.205. The summed E-state index contributed by atoms with van der Waals surface area (Å²) < 4.78 is 14.0.